The van der Waals surface area contributed by atoms with Gasteiger partial charge >= 0.3 is 0 Å². The highest BCUT2D eigenvalue weighted by Gasteiger charge is 2.11. The van der Waals surface area contributed by atoms with Crippen molar-refractivity contribution in [2.45, 2.75) is 77.9 Å². The van der Waals surface area contributed by atoms with Crippen LogP contribution in [0.15, 0.2) is 0 Å². The molecule has 0 amide bonds. The van der Waals surface area contributed by atoms with Crippen LogP contribution >= 0.6 is 0 Å². The van der Waals surface area contributed by atoms with Crippen molar-refractivity contribution in [1.29, 1.82) is 0 Å². The smallest absolute Gasteiger partial charge is 0.0594 e. The van der Waals surface area contributed by atoms with Gasteiger partial charge in [-0.05, 0) is 32.1 Å². The van der Waals surface area contributed by atoms with E-state index in [2.05, 4.69) is 26.1 Å². The van der Waals surface area contributed by atoms with E-state index in [9.17, 15) is 0 Å². The number of hydrogen-bond donors (Lipinski definition) is 1. The molecule has 0 saturated heterocycles. The van der Waals surface area contributed by atoms with E-state index in [-0.39, 0.29) is 0 Å². The molecule has 1 unspecified atom stereocenters. The SMILES string of the molecule is CC(C)CC(C)OCCNC1CCCCCC1. The average molecular weight is 241 g/mol. The van der Waals surface area contributed by atoms with Gasteiger partial charge in [-0.3, -0.25) is 0 Å². The molecule has 0 aromatic heterocycles. The molecule has 1 N–H and O–H groups in total. The Morgan fingerprint density at radius 1 is 1.06 bits per heavy atom. The zero-order valence-electron chi connectivity index (χ0n) is 12.0. The van der Waals surface area contributed by atoms with Gasteiger partial charge in [-0.2, -0.15) is 0 Å². The van der Waals surface area contributed by atoms with Crippen LogP contribution in [0.5, 0.6) is 0 Å². The number of nitrogens with one attached hydrogen (secondary N) is 1. The van der Waals surface area contributed by atoms with Gasteiger partial charge in [0.05, 0.1) is 12.7 Å². The van der Waals surface area contributed by atoms with Gasteiger partial charge in [0.25, 0.3) is 0 Å². The summed E-state index contributed by atoms with van der Waals surface area (Å²) in [5.41, 5.74) is 0. The van der Waals surface area contributed by atoms with Crippen molar-refractivity contribution in [3.05, 3.63) is 0 Å². The first-order chi connectivity index (χ1) is 8.18. The molecule has 0 radical (unpaired) electrons. The topological polar surface area (TPSA) is 21.3 Å². The van der Waals surface area contributed by atoms with Crippen LogP contribution in [0.1, 0.15) is 65.7 Å². The highest BCUT2D eigenvalue weighted by molar-refractivity contribution is 4.70. The van der Waals surface area contributed by atoms with Crippen molar-refractivity contribution < 1.29 is 4.74 Å². The Kier molecular flexibility index (Phi) is 7.87. The van der Waals surface area contributed by atoms with Crippen LogP contribution < -0.4 is 5.32 Å². The molecule has 17 heavy (non-hydrogen) atoms. The van der Waals surface area contributed by atoms with E-state index >= 15 is 0 Å². The van der Waals surface area contributed by atoms with Gasteiger partial charge in [0.2, 0.25) is 0 Å². The Morgan fingerprint density at radius 3 is 2.29 bits per heavy atom. The first kappa shape index (κ1) is 15.0. The van der Waals surface area contributed by atoms with Crippen LogP contribution in [0.2, 0.25) is 0 Å². The molecular weight excluding hydrogens is 210 g/mol. The summed E-state index contributed by atoms with van der Waals surface area (Å²) in [6.45, 7) is 8.58. The minimum absolute atomic E-state index is 0.408. The fourth-order valence-corrected chi connectivity index (χ4v) is 2.74. The fraction of sp³-hybridized carbons (Fsp3) is 1.00. The van der Waals surface area contributed by atoms with Gasteiger partial charge in [0, 0.05) is 12.6 Å². The lowest BCUT2D eigenvalue weighted by molar-refractivity contribution is 0.0525. The highest BCUT2D eigenvalue weighted by atomic mass is 16.5. The third kappa shape index (κ3) is 7.77. The molecule has 1 saturated carbocycles. The maximum atomic E-state index is 5.81. The molecule has 2 nitrogen and oxygen atoms in total. The van der Waals surface area contributed by atoms with E-state index in [0.29, 0.717) is 6.10 Å². The minimum Gasteiger partial charge on any atom is -0.377 e. The maximum Gasteiger partial charge on any atom is 0.0594 e. The molecule has 1 aliphatic carbocycles. The van der Waals surface area contributed by atoms with Crippen LogP contribution in [0.3, 0.4) is 0 Å². The van der Waals surface area contributed by atoms with E-state index < -0.39 is 0 Å². The normalized spacial score (nSPS) is 20.5. The summed E-state index contributed by atoms with van der Waals surface area (Å²) < 4.78 is 5.81. The molecule has 1 fully saturated rings. The summed E-state index contributed by atoms with van der Waals surface area (Å²) in [4.78, 5) is 0. The Morgan fingerprint density at radius 2 is 1.71 bits per heavy atom. The molecular formula is C15H31NO. The van der Waals surface area contributed by atoms with Gasteiger partial charge in [-0.25, -0.2) is 0 Å². The zero-order chi connectivity index (χ0) is 12.5. The molecule has 0 aliphatic heterocycles. The summed E-state index contributed by atoms with van der Waals surface area (Å²) >= 11 is 0. The Bertz CT molecular complexity index is 174. The van der Waals surface area contributed by atoms with Crippen molar-refractivity contribution in [3.63, 3.8) is 0 Å². The van der Waals surface area contributed by atoms with Crippen LogP contribution in [-0.2, 0) is 4.74 Å². The molecule has 0 aromatic carbocycles. The molecule has 1 aliphatic rings. The lowest BCUT2D eigenvalue weighted by Gasteiger charge is -2.18. The monoisotopic (exact) mass is 241 g/mol. The van der Waals surface area contributed by atoms with Crippen molar-refractivity contribution in [3.8, 4) is 0 Å². The minimum atomic E-state index is 0.408. The van der Waals surface area contributed by atoms with Gasteiger partial charge < -0.3 is 10.1 Å². The summed E-state index contributed by atoms with van der Waals surface area (Å²) in [6, 6.07) is 0.751. The third-order valence-electron chi connectivity index (χ3n) is 3.60. The second kappa shape index (κ2) is 8.93. The second-order valence-electron chi connectivity index (χ2n) is 5.95. The Labute approximate surface area is 108 Å². The lowest BCUT2D eigenvalue weighted by Crippen LogP contribution is -2.32. The first-order valence-electron chi connectivity index (χ1n) is 7.53. The predicted molar refractivity (Wildman–Crippen MR) is 74.4 cm³/mol. The number of hydrogen-bond acceptors (Lipinski definition) is 2. The third-order valence-corrected chi connectivity index (χ3v) is 3.60. The van der Waals surface area contributed by atoms with Crippen molar-refractivity contribution in [2.75, 3.05) is 13.2 Å². The Hall–Kier alpha value is -0.0800. The maximum absolute atomic E-state index is 5.81. The van der Waals surface area contributed by atoms with Gasteiger partial charge in [-0.15, -0.1) is 0 Å². The number of rotatable bonds is 7. The average Bonchev–Trinajstić information content (AvgIpc) is 2.52. The first-order valence-corrected chi connectivity index (χ1v) is 7.53. The lowest BCUT2D eigenvalue weighted by atomic mass is 10.1. The molecule has 0 spiro atoms. The summed E-state index contributed by atoms with van der Waals surface area (Å²) in [5.74, 6) is 0.736. The van der Waals surface area contributed by atoms with Gasteiger partial charge in [-0.1, -0.05) is 39.5 Å². The standard InChI is InChI=1S/C15H31NO/c1-13(2)12-14(3)17-11-10-16-15-8-6-4-5-7-9-15/h13-16H,4-12H2,1-3H3. The summed E-state index contributed by atoms with van der Waals surface area (Å²) in [5, 5.41) is 3.65. The van der Waals surface area contributed by atoms with Crippen LogP contribution in [0.4, 0.5) is 0 Å². The fourth-order valence-electron chi connectivity index (χ4n) is 2.74. The van der Waals surface area contributed by atoms with Crippen molar-refractivity contribution in [1.82, 2.24) is 5.32 Å². The van der Waals surface area contributed by atoms with Gasteiger partial charge in [0.1, 0.15) is 0 Å². The van der Waals surface area contributed by atoms with Crippen LogP contribution in [0, 0.1) is 5.92 Å². The van der Waals surface area contributed by atoms with Gasteiger partial charge in [0.15, 0.2) is 0 Å². The quantitative estimate of drug-likeness (QED) is 0.541. The Balaban J connectivity index is 1.99. The molecule has 0 aromatic rings. The molecule has 2 heteroatoms. The molecule has 102 valence electrons. The van der Waals surface area contributed by atoms with Crippen molar-refractivity contribution >= 4 is 0 Å². The van der Waals surface area contributed by atoms with E-state index in [4.69, 9.17) is 4.74 Å². The van der Waals surface area contributed by atoms with E-state index in [0.717, 1.165) is 25.1 Å². The second-order valence-corrected chi connectivity index (χ2v) is 5.95. The largest absolute Gasteiger partial charge is 0.377 e. The van der Waals surface area contributed by atoms with E-state index in [1.165, 1.54) is 44.9 Å². The highest BCUT2D eigenvalue weighted by Crippen LogP contribution is 2.16. The molecule has 0 bridgehead atoms. The summed E-state index contributed by atoms with van der Waals surface area (Å²) in [7, 11) is 0. The number of ether oxygens (including phenoxy) is 1. The predicted octanol–water partition coefficient (Wildman–Crippen LogP) is 3.75. The zero-order valence-corrected chi connectivity index (χ0v) is 12.0. The van der Waals surface area contributed by atoms with Crippen molar-refractivity contribution in [2.24, 2.45) is 5.92 Å². The molecule has 0 heterocycles. The summed E-state index contributed by atoms with van der Waals surface area (Å²) in [6.07, 6.45) is 9.98. The van der Waals surface area contributed by atoms with E-state index in [1.807, 2.05) is 0 Å². The molecule has 1 rings (SSSR count). The van der Waals surface area contributed by atoms with E-state index in [1.54, 1.807) is 0 Å². The van der Waals surface area contributed by atoms with Crippen LogP contribution in [0.25, 0.3) is 0 Å². The molecule has 1 atom stereocenters. The van der Waals surface area contributed by atoms with Crippen LogP contribution in [-0.4, -0.2) is 25.3 Å².